The lowest BCUT2D eigenvalue weighted by atomic mass is 10.0. The van der Waals surface area contributed by atoms with Gasteiger partial charge in [-0.2, -0.15) is 0 Å². The van der Waals surface area contributed by atoms with Crippen LogP contribution in [0.1, 0.15) is 22.4 Å². The molecular formula is C18H15ClN2O2. The summed E-state index contributed by atoms with van der Waals surface area (Å²) in [6.07, 6.45) is 1.38. The molecule has 23 heavy (non-hydrogen) atoms. The van der Waals surface area contributed by atoms with E-state index in [2.05, 4.69) is 9.97 Å². The monoisotopic (exact) mass is 326 g/mol. The first kappa shape index (κ1) is 15.3. The third-order valence-electron chi connectivity index (χ3n) is 3.62. The van der Waals surface area contributed by atoms with Crippen molar-refractivity contribution in [1.82, 2.24) is 9.97 Å². The van der Waals surface area contributed by atoms with Gasteiger partial charge in [0, 0.05) is 16.7 Å². The number of aromatic amines is 1. The summed E-state index contributed by atoms with van der Waals surface area (Å²) in [7, 11) is 0. The van der Waals surface area contributed by atoms with Crippen molar-refractivity contribution in [3.05, 3.63) is 74.2 Å². The minimum atomic E-state index is -0.378. The normalized spacial score (nSPS) is 11.9. The Bertz CT molecular complexity index is 990. The second-order valence-electron chi connectivity index (χ2n) is 5.46. The van der Waals surface area contributed by atoms with Crippen molar-refractivity contribution >= 4 is 34.5 Å². The van der Waals surface area contributed by atoms with Crippen molar-refractivity contribution < 1.29 is 5.11 Å². The number of hydrogen-bond acceptors (Lipinski definition) is 3. The topological polar surface area (TPSA) is 66.0 Å². The van der Waals surface area contributed by atoms with Gasteiger partial charge in [-0.05, 0) is 43.7 Å². The smallest absolute Gasteiger partial charge is 0.274 e. The van der Waals surface area contributed by atoms with Crippen LogP contribution in [0.5, 0.6) is 0 Å². The quantitative estimate of drug-likeness (QED) is 0.692. The van der Waals surface area contributed by atoms with Crippen LogP contribution in [-0.4, -0.2) is 15.1 Å². The van der Waals surface area contributed by atoms with Gasteiger partial charge in [0.15, 0.2) is 0 Å². The first-order valence-corrected chi connectivity index (χ1v) is 7.50. The predicted octanol–water partition coefficient (Wildman–Crippen LogP) is 4.25. The number of fused-ring (bicyclic) bond motifs is 1. The summed E-state index contributed by atoms with van der Waals surface area (Å²) in [4.78, 5) is 19.2. The number of hydrogen-bond donors (Lipinski definition) is 2. The lowest BCUT2D eigenvalue weighted by Gasteiger charge is -2.06. The van der Waals surface area contributed by atoms with E-state index in [4.69, 9.17) is 11.6 Å². The van der Waals surface area contributed by atoms with Crippen LogP contribution in [0.4, 0.5) is 0 Å². The number of H-pyrrole nitrogens is 1. The maximum absolute atomic E-state index is 12.1. The van der Waals surface area contributed by atoms with E-state index in [1.165, 1.54) is 6.08 Å². The molecule has 1 heterocycles. The zero-order valence-corrected chi connectivity index (χ0v) is 13.5. The number of rotatable bonds is 2. The van der Waals surface area contributed by atoms with Crippen molar-refractivity contribution in [2.75, 3.05) is 0 Å². The average Bonchev–Trinajstić information content (AvgIpc) is 2.50. The Morgan fingerprint density at radius 2 is 2.00 bits per heavy atom. The molecule has 1 aromatic heterocycles. The largest absolute Gasteiger partial charge is 0.507 e. The molecule has 116 valence electrons. The Kier molecular flexibility index (Phi) is 3.92. The molecule has 0 aliphatic carbocycles. The Morgan fingerprint density at radius 1 is 1.22 bits per heavy atom. The molecule has 3 aromatic rings. The molecule has 3 rings (SSSR count). The van der Waals surface area contributed by atoms with Crippen molar-refractivity contribution in [2.45, 2.75) is 13.8 Å². The van der Waals surface area contributed by atoms with E-state index >= 15 is 0 Å². The van der Waals surface area contributed by atoms with Crippen LogP contribution in [0.15, 0.2) is 41.2 Å². The van der Waals surface area contributed by atoms with Gasteiger partial charge in [0.25, 0.3) is 5.56 Å². The van der Waals surface area contributed by atoms with E-state index in [9.17, 15) is 9.90 Å². The minimum Gasteiger partial charge on any atom is -0.507 e. The van der Waals surface area contributed by atoms with Gasteiger partial charge >= 0.3 is 0 Å². The third kappa shape index (κ3) is 3.12. The molecule has 0 spiro atoms. The summed E-state index contributed by atoms with van der Waals surface area (Å²) >= 11 is 5.91. The Labute approximate surface area is 138 Å². The van der Waals surface area contributed by atoms with Gasteiger partial charge in [-0.25, -0.2) is 4.98 Å². The zero-order valence-electron chi connectivity index (χ0n) is 12.7. The van der Waals surface area contributed by atoms with Crippen LogP contribution in [0.25, 0.3) is 22.9 Å². The van der Waals surface area contributed by atoms with Gasteiger partial charge in [0.05, 0.1) is 11.0 Å². The molecule has 0 saturated carbocycles. The summed E-state index contributed by atoms with van der Waals surface area (Å²) in [5.74, 6) is 0.0116. The fourth-order valence-corrected chi connectivity index (χ4v) is 2.56. The molecule has 0 saturated heterocycles. The molecule has 0 aliphatic heterocycles. The summed E-state index contributed by atoms with van der Waals surface area (Å²) in [6, 6.07) is 10.8. The molecule has 5 heteroatoms. The molecule has 2 N–H and O–H groups in total. The van der Waals surface area contributed by atoms with Gasteiger partial charge in [0.2, 0.25) is 0 Å². The second-order valence-corrected chi connectivity index (χ2v) is 5.90. The van der Waals surface area contributed by atoms with E-state index in [-0.39, 0.29) is 17.0 Å². The summed E-state index contributed by atoms with van der Waals surface area (Å²) in [6.45, 7) is 3.85. The fourth-order valence-electron chi connectivity index (χ4n) is 2.39. The number of halogens is 1. The lowest BCUT2D eigenvalue weighted by Crippen LogP contribution is -2.12. The van der Waals surface area contributed by atoms with Crippen molar-refractivity contribution in [2.24, 2.45) is 0 Å². The van der Waals surface area contributed by atoms with E-state index in [0.29, 0.717) is 21.6 Å². The molecular weight excluding hydrogens is 312 g/mol. The Hall–Kier alpha value is -2.59. The van der Waals surface area contributed by atoms with Crippen LogP contribution in [-0.2, 0) is 0 Å². The summed E-state index contributed by atoms with van der Waals surface area (Å²) in [5.41, 5.74) is 3.58. The van der Waals surface area contributed by atoms with Crippen LogP contribution in [0.3, 0.4) is 0 Å². The highest BCUT2D eigenvalue weighted by Crippen LogP contribution is 2.20. The molecule has 0 unspecified atom stereocenters. The number of nitrogens with one attached hydrogen (secondary N) is 1. The number of aliphatic hydroxyl groups is 1. The molecule has 0 atom stereocenters. The van der Waals surface area contributed by atoms with Crippen molar-refractivity contribution in [3.8, 4) is 0 Å². The van der Waals surface area contributed by atoms with Gasteiger partial charge in [-0.15, -0.1) is 0 Å². The SMILES string of the molecule is Cc1ccc(C)c(/C(O)=C\c2nc3ccc(Cl)cc3[nH]c2=O)c1. The Morgan fingerprint density at radius 3 is 2.78 bits per heavy atom. The second kappa shape index (κ2) is 5.89. The van der Waals surface area contributed by atoms with E-state index in [1.807, 2.05) is 32.0 Å². The number of nitrogens with zero attached hydrogens (tertiary/aromatic N) is 1. The predicted molar refractivity (Wildman–Crippen MR) is 93.8 cm³/mol. The number of aromatic nitrogens is 2. The van der Waals surface area contributed by atoms with Crippen LogP contribution >= 0.6 is 11.6 Å². The molecule has 0 radical (unpaired) electrons. The van der Waals surface area contributed by atoms with Crippen LogP contribution in [0.2, 0.25) is 5.02 Å². The first-order chi connectivity index (χ1) is 10.9. The molecule has 0 fully saturated rings. The lowest BCUT2D eigenvalue weighted by molar-refractivity contribution is 0.514. The number of aryl methyl sites for hydroxylation is 2. The maximum Gasteiger partial charge on any atom is 0.274 e. The van der Waals surface area contributed by atoms with Gasteiger partial charge < -0.3 is 10.1 Å². The van der Waals surface area contributed by atoms with E-state index in [1.54, 1.807) is 18.2 Å². The van der Waals surface area contributed by atoms with Gasteiger partial charge in [-0.3, -0.25) is 4.79 Å². The number of benzene rings is 2. The minimum absolute atomic E-state index is 0.0116. The molecule has 0 aliphatic rings. The molecule has 0 bridgehead atoms. The highest BCUT2D eigenvalue weighted by molar-refractivity contribution is 6.31. The highest BCUT2D eigenvalue weighted by Gasteiger charge is 2.08. The standard InChI is InChI=1S/C18H15ClN2O2/c1-10-3-4-11(2)13(7-10)17(22)9-16-18(23)21-15-8-12(19)5-6-14(15)20-16/h3-9,22H,1-2H3,(H,21,23)/b17-9+. The van der Waals surface area contributed by atoms with Gasteiger partial charge in [-0.1, -0.05) is 29.3 Å². The first-order valence-electron chi connectivity index (χ1n) is 7.12. The van der Waals surface area contributed by atoms with Crippen molar-refractivity contribution in [3.63, 3.8) is 0 Å². The molecule has 2 aromatic carbocycles. The zero-order chi connectivity index (χ0) is 16.6. The van der Waals surface area contributed by atoms with Crippen LogP contribution in [0, 0.1) is 13.8 Å². The third-order valence-corrected chi connectivity index (χ3v) is 3.86. The molecule has 4 nitrogen and oxygen atoms in total. The maximum atomic E-state index is 12.1. The van der Waals surface area contributed by atoms with Crippen molar-refractivity contribution in [1.29, 1.82) is 0 Å². The Balaban J connectivity index is 2.13. The fraction of sp³-hybridized carbons (Fsp3) is 0.111. The molecule has 0 amide bonds. The summed E-state index contributed by atoms with van der Waals surface area (Å²) < 4.78 is 0. The average molecular weight is 327 g/mol. The van der Waals surface area contributed by atoms with Gasteiger partial charge in [0.1, 0.15) is 11.5 Å². The van der Waals surface area contributed by atoms with E-state index < -0.39 is 0 Å². The summed E-state index contributed by atoms with van der Waals surface area (Å²) in [5, 5.41) is 10.9. The number of aliphatic hydroxyl groups excluding tert-OH is 1. The van der Waals surface area contributed by atoms with E-state index in [0.717, 1.165) is 11.1 Å². The highest BCUT2D eigenvalue weighted by atomic mass is 35.5. The van der Waals surface area contributed by atoms with Crippen LogP contribution < -0.4 is 5.56 Å².